The fourth-order valence-electron chi connectivity index (χ4n) is 5.25. The zero-order valence-electron chi connectivity index (χ0n) is 22.3. The monoisotopic (exact) mass is 509 g/mol. The van der Waals surface area contributed by atoms with Crippen LogP contribution < -0.4 is 29.6 Å². The molecule has 0 aromatic heterocycles. The van der Waals surface area contributed by atoms with Gasteiger partial charge in [0.2, 0.25) is 11.7 Å². The zero-order valence-corrected chi connectivity index (χ0v) is 22.3. The van der Waals surface area contributed by atoms with E-state index in [2.05, 4.69) is 15.5 Å². The van der Waals surface area contributed by atoms with Crippen molar-refractivity contribution in [3.8, 4) is 23.0 Å². The van der Waals surface area contributed by atoms with Gasteiger partial charge in [-0.05, 0) is 87.3 Å². The molecular formula is C29H39N3O5. The molecule has 0 unspecified atom stereocenters. The number of nitrogens with zero attached hydrogens (tertiary/aromatic N) is 1. The average Bonchev–Trinajstić information content (AvgIpc) is 2.96. The van der Waals surface area contributed by atoms with E-state index in [4.69, 9.17) is 18.9 Å². The second kappa shape index (κ2) is 12.8. The van der Waals surface area contributed by atoms with Gasteiger partial charge in [-0.2, -0.15) is 0 Å². The molecule has 2 saturated heterocycles. The Balaban J connectivity index is 1.43. The molecule has 2 fully saturated rings. The lowest BCUT2D eigenvalue weighted by molar-refractivity contribution is -0.121. The lowest BCUT2D eigenvalue weighted by atomic mass is 9.93. The topological polar surface area (TPSA) is 81.3 Å². The smallest absolute Gasteiger partial charge is 0.227 e. The van der Waals surface area contributed by atoms with Crippen LogP contribution in [0.15, 0.2) is 30.3 Å². The minimum atomic E-state index is 0.0149. The van der Waals surface area contributed by atoms with Gasteiger partial charge in [-0.3, -0.25) is 4.79 Å². The first-order valence-corrected chi connectivity index (χ1v) is 13.0. The van der Waals surface area contributed by atoms with Crippen molar-refractivity contribution in [3.05, 3.63) is 41.5 Å². The molecule has 0 atom stereocenters. The van der Waals surface area contributed by atoms with Gasteiger partial charge in [0.05, 0.1) is 34.1 Å². The number of amides is 1. The fourth-order valence-corrected chi connectivity index (χ4v) is 5.25. The van der Waals surface area contributed by atoms with Crippen molar-refractivity contribution in [3.63, 3.8) is 0 Å². The third kappa shape index (κ3) is 6.56. The second-order valence-electron chi connectivity index (χ2n) is 9.53. The SMILES string of the molecule is COc1ccc(C=Cc2cc(OC)c(OC)c(OC)c2)cc1NC(=O)C1CCN(C2CCNCC2)CC1. The van der Waals surface area contributed by atoms with Crippen LogP contribution in [0.1, 0.15) is 36.8 Å². The highest BCUT2D eigenvalue weighted by Gasteiger charge is 2.29. The molecule has 4 rings (SSSR count). The van der Waals surface area contributed by atoms with E-state index in [0.29, 0.717) is 34.7 Å². The Kier molecular flexibility index (Phi) is 9.30. The molecule has 0 radical (unpaired) electrons. The van der Waals surface area contributed by atoms with Crippen LogP contribution in [0.25, 0.3) is 12.2 Å². The summed E-state index contributed by atoms with van der Waals surface area (Å²) >= 11 is 0. The summed E-state index contributed by atoms with van der Waals surface area (Å²) in [5.41, 5.74) is 2.52. The van der Waals surface area contributed by atoms with Crippen molar-refractivity contribution >= 4 is 23.7 Å². The minimum Gasteiger partial charge on any atom is -0.495 e. The summed E-state index contributed by atoms with van der Waals surface area (Å²) in [6, 6.07) is 10.2. The third-order valence-corrected chi connectivity index (χ3v) is 7.36. The molecule has 1 amide bonds. The molecular weight excluding hydrogens is 470 g/mol. The number of carbonyl (C=O) groups is 1. The number of anilines is 1. The number of hydrogen-bond donors (Lipinski definition) is 2. The molecule has 2 aliphatic rings. The Morgan fingerprint density at radius 2 is 1.46 bits per heavy atom. The summed E-state index contributed by atoms with van der Waals surface area (Å²) < 4.78 is 21.9. The number of carbonyl (C=O) groups excluding carboxylic acids is 1. The van der Waals surface area contributed by atoms with Crippen molar-refractivity contribution in [1.82, 2.24) is 10.2 Å². The predicted octanol–water partition coefficient (Wildman–Crippen LogP) is 4.29. The Morgan fingerprint density at radius 1 is 0.838 bits per heavy atom. The Labute approximate surface area is 219 Å². The number of rotatable bonds is 9. The number of benzene rings is 2. The van der Waals surface area contributed by atoms with E-state index in [-0.39, 0.29) is 11.8 Å². The van der Waals surface area contributed by atoms with E-state index in [1.807, 2.05) is 42.5 Å². The van der Waals surface area contributed by atoms with E-state index in [9.17, 15) is 4.79 Å². The molecule has 37 heavy (non-hydrogen) atoms. The molecule has 2 heterocycles. The summed E-state index contributed by atoms with van der Waals surface area (Å²) in [5, 5.41) is 6.57. The van der Waals surface area contributed by atoms with Gasteiger partial charge >= 0.3 is 0 Å². The molecule has 0 saturated carbocycles. The van der Waals surface area contributed by atoms with Crippen molar-refractivity contribution in [2.45, 2.75) is 31.7 Å². The van der Waals surface area contributed by atoms with Gasteiger partial charge in [0, 0.05) is 12.0 Å². The van der Waals surface area contributed by atoms with Crippen molar-refractivity contribution in [2.75, 3.05) is 59.9 Å². The fraction of sp³-hybridized carbons (Fsp3) is 0.483. The highest BCUT2D eigenvalue weighted by Crippen LogP contribution is 2.38. The summed E-state index contributed by atoms with van der Waals surface area (Å²) in [5.74, 6) is 2.46. The third-order valence-electron chi connectivity index (χ3n) is 7.36. The zero-order chi connectivity index (χ0) is 26.2. The first kappa shape index (κ1) is 26.8. The summed E-state index contributed by atoms with van der Waals surface area (Å²) in [6.07, 6.45) is 8.12. The molecule has 2 aromatic rings. The Hall–Kier alpha value is -3.23. The van der Waals surface area contributed by atoms with Gasteiger partial charge in [-0.15, -0.1) is 0 Å². The molecule has 8 nitrogen and oxygen atoms in total. The normalized spacial score (nSPS) is 17.5. The molecule has 0 aliphatic carbocycles. The van der Waals surface area contributed by atoms with Crippen LogP contribution in [0.4, 0.5) is 5.69 Å². The van der Waals surface area contributed by atoms with Crippen LogP contribution in [0.5, 0.6) is 23.0 Å². The molecule has 0 bridgehead atoms. The minimum absolute atomic E-state index is 0.0149. The van der Waals surface area contributed by atoms with Crippen LogP contribution in [0.2, 0.25) is 0 Å². The van der Waals surface area contributed by atoms with Crippen LogP contribution in [-0.2, 0) is 4.79 Å². The number of piperidine rings is 2. The summed E-state index contributed by atoms with van der Waals surface area (Å²) in [4.78, 5) is 15.7. The van der Waals surface area contributed by atoms with Gasteiger partial charge in [-0.1, -0.05) is 18.2 Å². The van der Waals surface area contributed by atoms with Crippen LogP contribution in [0.3, 0.4) is 0 Å². The van der Waals surface area contributed by atoms with Gasteiger partial charge < -0.3 is 34.5 Å². The van der Waals surface area contributed by atoms with E-state index in [1.165, 1.54) is 12.8 Å². The van der Waals surface area contributed by atoms with E-state index < -0.39 is 0 Å². The first-order valence-electron chi connectivity index (χ1n) is 13.0. The van der Waals surface area contributed by atoms with Crippen LogP contribution >= 0.6 is 0 Å². The lowest BCUT2D eigenvalue weighted by Crippen LogP contribution is -2.47. The maximum absolute atomic E-state index is 13.2. The molecule has 2 N–H and O–H groups in total. The molecule has 200 valence electrons. The number of hydrogen-bond acceptors (Lipinski definition) is 7. The Bertz CT molecular complexity index is 1060. The highest BCUT2D eigenvalue weighted by atomic mass is 16.5. The molecule has 2 aliphatic heterocycles. The second-order valence-corrected chi connectivity index (χ2v) is 9.53. The molecule has 0 spiro atoms. The van der Waals surface area contributed by atoms with E-state index in [0.717, 1.165) is 50.1 Å². The summed E-state index contributed by atoms with van der Waals surface area (Å²) in [6.45, 7) is 4.15. The van der Waals surface area contributed by atoms with E-state index >= 15 is 0 Å². The number of methoxy groups -OCH3 is 4. The number of nitrogens with one attached hydrogen (secondary N) is 2. The van der Waals surface area contributed by atoms with Gasteiger partial charge in [0.25, 0.3) is 0 Å². The van der Waals surface area contributed by atoms with Crippen molar-refractivity contribution in [2.24, 2.45) is 5.92 Å². The van der Waals surface area contributed by atoms with Crippen molar-refractivity contribution in [1.29, 1.82) is 0 Å². The first-order chi connectivity index (χ1) is 18.1. The largest absolute Gasteiger partial charge is 0.495 e. The number of likely N-dealkylation sites (tertiary alicyclic amines) is 1. The lowest BCUT2D eigenvalue weighted by Gasteiger charge is -2.39. The van der Waals surface area contributed by atoms with Gasteiger partial charge in [0.1, 0.15) is 5.75 Å². The summed E-state index contributed by atoms with van der Waals surface area (Å²) in [7, 11) is 6.40. The molecule has 8 heteroatoms. The average molecular weight is 510 g/mol. The van der Waals surface area contributed by atoms with Crippen LogP contribution in [-0.4, -0.2) is 71.5 Å². The quantitative estimate of drug-likeness (QED) is 0.488. The maximum Gasteiger partial charge on any atom is 0.227 e. The predicted molar refractivity (Wildman–Crippen MR) is 147 cm³/mol. The van der Waals surface area contributed by atoms with Gasteiger partial charge in [0.15, 0.2) is 11.5 Å². The number of ether oxygens (including phenoxy) is 4. The standard InChI is InChI=1S/C29H39N3O5/c1-34-25-8-7-20(5-6-21-18-26(35-2)28(37-4)27(19-21)36-3)17-24(25)31-29(33)22-11-15-32(16-12-22)23-9-13-30-14-10-23/h5-8,17-19,22-23,30H,9-16H2,1-4H3,(H,31,33). The molecule has 2 aromatic carbocycles. The Morgan fingerprint density at radius 3 is 2.05 bits per heavy atom. The highest BCUT2D eigenvalue weighted by molar-refractivity contribution is 5.94. The van der Waals surface area contributed by atoms with Crippen molar-refractivity contribution < 1.29 is 23.7 Å². The van der Waals surface area contributed by atoms with Gasteiger partial charge in [-0.25, -0.2) is 0 Å². The van der Waals surface area contributed by atoms with Crippen LogP contribution in [0, 0.1) is 5.92 Å². The maximum atomic E-state index is 13.2. The van der Waals surface area contributed by atoms with E-state index in [1.54, 1.807) is 28.4 Å².